The fourth-order valence-electron chi connectivity index (χ4n) is 1.46. The number of aliphatic hydroxyl groups is 1. The summed E-state index contributed by atoms with van der Waals surface area (Å²) in [6.45, 7) is 2.12. The zero-order valence-electron chi connectivity index (χ0n) is 8.55. The van der Waals surface area contributed by atoms with Crippen molar-refractivity contribution in [2.75, 3.05) is 0 Å². The van der Waals surface area contributed by atoms with E-state index in [0.717, 1.165) is 16.9 Å². The topological polar surface area (TPSA) is 33.1 Å². The molecule has 0 aliphatic heterocycles. The summed E-state index contributed by atoms with van der Waals surface area (Å²) in [4.78, 5) is 4.85. The number of hydrogen-bond donors (Lipinski definition) is 1. The number of nitrogens with zero attached hydrogens (tertiary/aromatic N) is 1. The first-order chi connectivity index (χ1) is 7.31. The molecule has 1 aromatic heterocycles. The Bertz CT molecular complexity index is 408. The lowest BCUT2D eigenvalue weighted by Crippen LogP contribution is -1.97. The van der Waals surface area contributed by atoms with Crippen molar-refractivity contribution in [1.82, 2.24) is 4.98 Å². The first-order valence-corrected chi connectivity index (χ1v) is 5.84. The van der Waals surface area contributed by atoms with Gasteiger partial charge in [0.05, 0.1) is 10.4 Å². The van der Waals surface area contributed by atoms with Gasteiger partial charge in [0, 0.05) is 6.20 Å². The van der Waals surface area contributed by atoms with Crippen LogP contribution in [-0.4, -0.2) is 10.1 Å². The minimum Gasteiger partial charge on any atom is -0.383 e. The van der Waals surface area contributed by atoms with Gasteiger partial charge in [-0.2, -0.15) is 0 Å². The number of aliphatic hydroxyl groups excluding tert-OH is 1. The van der Waals surface area contributed by atoms with Crippen molar-refractivity contribution in [2.24, 2.45) is 0 Å². The lowest BCUT2D eigenvalue weighted by atomic mass is 10.1. The van der Waals surface area contributed by atoms with Crippen molar-refractivity contribution in [2.45, 2.75) is 19.4 Å². The SMILES string of the molecule is CCc1ccc(C(O)c2cncs2)cc1. The van der Waals surface area contributed by atoms with Crippen LogP contribution >= 0.6 is 11.3 Å². The van der Waals surface area contributed by atoms with E-state index in [9.17, 15) is 5.11 Å². The van der Waals surface area contributed by atoms with Gasteiger partial charge in [-0.1, -0.05) is 31.2 Å². The van der Waals surface area contributed by atoms with Gasteiger partial charge in [0.2, 0.25) is 0 Å². The number of aromatic nitrogens is 1. The highest BCUT2D eigenvalue weighted by Crippen LogP contribution is 2.24. The number of benzene rings is 1. The minimum atomic E-state index is -0.539. The maximum Gasteiger partial charge on any atom is 0.115 e. The molecule has 0 radical (unpaired) electrons. The average molecular weight is 219 g/mol. The highest BCUT2D eigenvalue weighted by atomic mass is 32.1. The molecule has 1 N–H and O–H groups in total. The Balaban J connectivity index is 2.22. The molecule has 2 nitrogen and oxygen atoms in total. The van der Waals surface area contributed by atoms with Crippen LogP contribution in [0.3, 0.4) is 0 Å². The van der Waals surface area contributed by atoms with E-state index >= 15 is 0 Å². The van der Waals surface area contributed by atoms with Crippen LogP contribution in [-0.2, 0) is 6.42 Å². The van der Waals surface area contributed by atoms with Crippen LogP contribution in [0.4, 0.5) is 0 Å². The molecule has 0 amide bonds. The van der Waals surface area contributed by atoms with Gasteiger partial charge < -0.3 is 5.11 Å². The lowest BCUT2D eigenvalue weighted by Gasteiger charge is -2.08. The fraction of sp³-hybridized carbons (Fsp3) is 0.250. The Morgan fingerprint density at radius 1 is 1.33 bits per heavy atom. The highest BCUT2D eigenvalue weighted by molar-refractivity contribution is 7.09. The number of rotatable bonds is 3. The molecule has 2 rings (SSSR count). The van der Waals surface area contributed by atoms with Crippen LogP contribution in [0.25, 0.3) is 0 Å². The van der Waals surface area contributed by atoms with E-state index in [1.165, 1.54) is 16.9 Å². The summed E-state index contributed by atoms with van der Waals surface area (Å²) in [5, 5.41) is 10.0. The van der Waals surface area contributed by atoms with E-state index in [1.807, 2.05) is 12.1 Å². The van der Waals surface area contributed by atoms with E-state index in [1.54, 1.807) is 11.7 Å². The van der Waals surface area contributed by atoms with Gasteiger partial charge in [-0.05, 0) is 17.5 Å². The molecule has 0 bridgehead atoms. The second kappa shape index (κ2) is 4.55. The van der Waals surface area contributed by atoms with Crippen LogP contribution in [0, 0.1) is 0 Å². The maximum atomic E-state index is 10.0. The molecule has 1 heterocycles. The van der Waals surface area contributed by atoms with Gasteiger partial charge >= 0.3 is 0 Å². The maximum absolute atomic E-state index is 10.0. The van der Waals surface area contributed by atoms with Gasteiger partial charge in [-0.3, -0.25) is 4.98 Å². The van der Waals surface area contributed by atoms with Crippen molar-refractivity contribution >= 4 is 11.3 Å². The predicted octanol–water partition coefficient (Wildman–Crippen LogP) is 2.79. The van der Waals surface area contributed by atoms with Crippen LogP contribution in [0.15, 0.2) is 36.0 Å². The molecule has 1 aromatic carbocycles. The average Bonchev–Trinajstić information content (AvgIpc) is 2.82. The Morgan fingerprint density at radius 3 is 2.60 bits per heavy atom. The molecule has 0 spiro atoms. The van der Waals surface area contributed by atoms with Crippen molar-refractivity contribution in [1.29, 1.82) is 0 Å². The summed E-state index contributed by atoms with van der Waals surface area (Å²) < 4.78 is 0. The lowest BCUT2D eigenvalue weighted by molar-refractivity contribution is 0.224. The quantitative estimate of drug-likeness (QED) is 0.861. The second-order valence-corrected chi connectivity index (χ2v) is 4.32. The Kier molecular flexibility index (Phi) is 3.14. The third kappa shape index (κ3) is 2.25. The Hall–Kier alpha value is -1.19. The first-order valence-electron chi connectivity index (χ1n) is 4.96. The Labute approximate surface area is 93.2 Å². The largest absolute Gasteiger partial charge is 0.383 e. The molecular weight excluding hydrogens is 206 g/mol. The van der Waals surface area contributed by atoms with Gasteiger partial charge in [-0.25, -0.2) is 0 Å². The molecular formula is C12H13NOS. The summed E-state index contributed by atoms with van der Waals surface area (Å²) in [5.41, 5.74) is 3.95. The molecule has 0 aliphatic rings. The van der Waals surface area contributed by atoms with Crippen LogP contribution in [0.2, 0.25) is 0 Å². The van der Waals surface area contributed by atoms with Crippen LogP contribution in [0.5, 0.6) is 0 Å². The number of aryl methyl sites for hydroxylation is 1. The summed E-state index contributed by atoms with van der Waals surface area (Å²) in [6.07, 6.45) is 2.20. The summed E-state index contributed by atoms with van der Waals surface area (Å²) in [6, 6.07) is 8.06. The van der Waals surface area contributed by atoms with E-state index < -0.39 is 6.10 Å². The standard InChI is InChI=1S/C12H13NOS/c1-2-9-3-5-10(6-4-9)12(14)11-7-13-8-15-11/h3-8,12,14H,2H2,1H3. The monoisotopic (exact) mass is 219 g/mol. The molecule has 1 atom stereocenters. The van der Waals surface area contributed by atoms with Gasteiger partial charge in [0.1, 0.15) is 6.10 Å². The summed E-state index contributed by atoms with van der Waals surface area (Å²) in [5.74, 6) is 0. The highest BCUT2D eigenvalue weighted by Gasteiger charge is 2.11. The number of thiazole rings is 1. The predicted molar refractivity (Wildman–Crippen MR) is 62.0 cm³/mol. The van der Waals surface area contributed by atoms with Crippen molar-refractivity contribution in [3.05, 3.63) is 52.0 Å². The molecule has 15 heavy (non-hydrogen) atoms. The zero-order valence-corrected chi connectivity index (χ0v) is 9.37. The molecule has 1 unspecified atom stereocenters. The molecule has 0 aliphatic carbocycles. The number of hydrogen-bond acceptors (Lipinski definition) is 3. The zero-order chi connectivity index (χ0) is 10.7. The van der Waals surface area contributed by atoms with E-state index in [2.05, 4.69) is 24.0 Å². The van der Waals surface area contributed by atoms with Crippen molar-refractivity contribution in [3.63, 3.8) is 0 Å². The Morgan fingerprint density at radius 2 is 2.07 bits per heavy atom. The normalized spacial score (nSPS) is 12.7. The summed E-state index contributed by atoms with van der Waals surface area (Å²) in [7, 11) is 0. The summed E-state index contributed by atoms with van der Waals surface area (Å²) >= 11 is 1.47. The molecule has 2 aromatic rings. The van der Waals surface area contributed by atoms with Crippen molar-refractivity contribution in [3.8, 4) is 0 Å². The van der Waals surface area contributed by atoms with Crippen LogP contribution in [0.1, 0.15) is 29.0 Å². The van der Waals surface area contributed by atoms with Gasteiger partial charge in [0.25, 0.3) is 0 Å². The van der Waals surface area contributed by atoms with Crippen molar-refractivity contribution < 1.29 is 5.11 Å². The van der Waals surface area contributed by atoms with Gasteiger partial charge in [0.15, 0.2) is 0 Å². The molecule has 0 saturated carbocycles. The molecule has 78 valence electrons. The third-order valence-electron chi connectivity index (χ3n) is 2.42. The first kappa shape index (κ1) is 10.3. The minimum absolute atomic E-state index is 0.539. The fourth-order valence-corrected chi connectivity index (χ4v) is 2.09. The van der Waals surface area contributed by atoms with E-state index in [-0.39, 0.29) is 0 Å². The third-order valence-corrected chi connectivity index (χ3v) is 3.25. The van der Waals surface area contributed by atoms with Crippen LogP contribution < -0.4 is 0 Å². The molecule has 0 saturated heterocycles. The van der Waals surface area contributed by atoms with E-state index in [4.69, 9.17) is 0 Å². The molecule has 3 heteroatoms. The second-order valence-electron chi connectivity index (χ2n) is 3.40. The van der Waals surface area contributed by atoms with Gasteiger partial charge in [-0.15, -0.1) is 11.3 Å². The molecule has 0 fully saturated rings. The smallest absolute Gasteiger partial charge is 0.115 e. The van der Waals surface area contributed by atoms with E-state index in [0.29, 0.717) is 0 Å².